The van der Waals surface area contributed by atoms with Crippen molar-refractivity contribution in [2.24, 2.45) is 10.2 Å². The number of rotatable bonds is 6. The molecule has 6 nitrogen and oxygen atoms in total. The maximum absolute atomic E-state index is 8.65. The highest BCUT2D eigenvalue weighted by atomic mass is 32.1. The summed E-state index contributed by atoms with van der Waals surface area (Å²) >= 11 is 1.34. The van der Waals surface area contributed by atoms with E-state index in [9.17, 15) is 0 Å². The summed E-state index contributed by atoms with van der Waals surface area (Å²) in [5, 5.41) is 24.8. The van der Waals surface area contributed by atoms with Crippen molar-refractivity contribution in [1.29, 1.82) is 5.26 Å². The van der Waals surface area contributed by atoms with Gasteiger partial charge >= 0.3 is 0 Å². The first-order valence-electron chi connectivity index (χ1n) is 6.23. The van der Waals surface area contributed by atoms with Crippen LogP contribution < -0.4 is 4.90 Å². The quantitative estimate of drug-likeness (QED) is 0.759. The minimum absolute atomic E-state index is 0.520. The maximum atomic E-state index is 8.65. The lowest BCUT2D eigenvalue weighted by molar-refractivity contribution is 0.827. The summed E-state index contributed by atoms with van der Waals surface area (Å²) in [5.74, 6) is 0. The topological polar surface area (TPSA) is 77.5 Å². The fraction of sp³-hybridized carbons (Fsp3) is 0.308. The third-order valence-electron chi connectivity index (χ3n) is 2.69. The van der Waals surface area contributed by atoms with Gasteiger partial charge in [0.1, 0.15) is 5.51 Å². The fourth-order valence-electron chi connectivity index (χ4n) is 1.70. The Morgan fingerprint density at radius 1 is 1.30 bits per heavy atom. The van der Waals surface area contributed by atoms with E-state index in [0.29, 0.717) is 11.6 Å². The minimum Gasteiger partial charge on any atom is -0.371 e. The van der Waals surface area contributed by atoms with Gasteiger partial charge in [-0.3, -0.25) is 0 Å². The molecule has 0 spiro atoms. The van der Waals surface area contributed by atoms with Gasteiger partial charge in [-0.15, -0.1) is 20.4 Å². The van der Waals surface area contributed by atoms with Crippen molar-refractivity contribution in [3.05, 3.63) is 29.8 Å². The van der Waals surface area contributed by atoms with E-state index in [0.717, 1.165) is 24.5 Å². The number of aromatic nitrogens is 2. The summed E-state index contributed by atoms with van der Waals surface area (Å²) < 4.78 is 0. The second-order valence-corrected chi connectivity index (χ2v) is 4.74. The van der Waals surface area contributed by atoms with Crippen LogP contribution in [-0.4, -0.2) is 23.3 Å². The first-order valence-corrected chi connectivity index (χ1v) is 7.11. The largest absolute Gasteiger partial charge is 0.371 e. The maximum Gasteiger partial charge on any atom is 0.251 e. The molecule has 0 unspecified atom stereocenters. The third-order valence-corrected chi connectivity index (χ3v) is 3.26. The van der Waals surface area contributed by atoms with E-state index in [1.165, 1.54) is 11.3 Å². The van der Waals surface area contributed by atoms with Crippen LogP contribution in [0.3, 0.4) is 0 Å². The van der Waals surface area contributed by atoms with Crippen LogP contribution in [0.5, 0.6) is 0 Å². The van der Waals surface area contributed by atoms with Crippen LogP contribution in [0, 0.1) is 11.3 Å². The van der Waals surface area contributed by atoms with Gasteiger partial charge in [0.15, 0.2) is 0 Å². The lowest BCUT2D eigenvalue weighted by atomic mass is 10.2. The number of azo groups is 1. The summed E-state index contributed by atoms with van der Waals surface area (Å²) in [6.45, 7) is 3.67. The Hall–Kier alpha value is -2.33. The van der Waals surface area contributed by atoms with E-state index in [1.807, 2.05) is 24.3 Å². The zero-order valence-corrected chi connectivity index (χ0v) is 11.9. The molecular weight excluding hydrogens is 272 g/mol. The Morgan fingerprint density at radius 2 is 2.10 bits per heavy atom. The van der Waals surface area contributed by atoms with E-state index in [1.54, 1.807) is 5.51 Å². The van der Waals surface area contributed by atoms with E-state index in [-0.39, 0.29) is 0 Å². The first-order chi connectivity index (χ1) is 9.83. The summed E-state index contributed by atoms with van der Waals surface area (Å²) in [5.41, 5.74) is 3.46. The molecule has 0 saturated heterocycles. The molecule has 1 aromatic carbocycles. The van der Waals surface area contributed by atoms with Gasteiger partial charge in [-0.25, -0.2) is 0 Å². The standard InChI is InChI=1S/C13H14N6S/c1-2-19(9-3-8-14)12-6-4-11(5-7-12)16-18-13-17-15-10-20-13/h4-7,10H,2-3,9H2,1H3. The number of hydrogen-bond donors (Lipinski definition) is 0. The van der Waals surface area contributed by atoms with Crippen molar-refractivity contribution in [3.8, 4) is 6.07 Å². The fourth-order valence-corrected chi connectivity index (χ4v) is 2.07. The number of benzene rings is 1. The summed E-state index contributed by atoms with van der Waals surface area (Å²) in [4.78, 5) is 2.15. The predicted molar refractivity (Wildman–Crippen MR) is 78.6 cm³/mol. The van der Waals surface area contributed by atoms with Crippen LogP contribution in [-0.2, 0) is 0 Å². The molecule has 0 N–H and O–H groups in total. The average molecular weight is 286 g/mol. The van der Waals surface area contributed by atoms with E-state index < -0.39 is 0 Å². The molecule has 0 amide bonds. The molecule has 2 rings (SSSR count). The van der Waals surface area contributed by atoms with Gasteiger partial charge < -0.3 is 4.90 Å². The Kier molecular flexibility index (Phi) is 5.15. The van der Waals surface area contributed by atoms with Gasteiger partial charge in [0, 0.05) is 18.8 Å². The smallest absolute Gasteiger partial charge is 0.251 e. The van der Waals surface area contributed by atoms with Gasteiger partial charge in [-0.2, -0.15) is 5.26 Å². The lowest BCUT2D eigenvalue weighted by Crippen LogP contribution is -2.23. The Morgan fingerprint density at radius 3 is 2.70 bits per heavy atom. The van der Waals surface area contributed by atoms with Crippen molar-refractivity contribution >= 4 is 27.8 Å². The van der Waals surface area contributed by atoms with Crippen LogP contribution in [0.2, 0.25) is 0 Å². The zero-order chi connectivity index (χ0) is 14.2. The van der Waals surface area contributed by atoms with Crippen LogP contribution in [0.25, 0.3) is 0 Å². The molecule has 0 atom stereocenters. The molecule has 2 aromatic rings. The van der Waals surface area contributed by atoms with Gasteiger partial charge in [-0.05, 0) is 31.2 Å². The molecule has 102 valence electrons. The second-order valence-electron chi connectivity index (χ2n) is 3.93. The van der Waals surface area contributed by atoms with Crippen molar-refractivity contribution in [2.45, 2.75) is 13.3 Å². The molecular formula is C13H14N6S. The SMILES string of the molecule is CCN(CCC#N)c1ccc(N=Nc2nncs2)cc1. The number of nitrogens with zero attached hydrogens (tertiary/aromatic N) is 6. The van der Waals surface area contributed by atoms with Crippen molar-refractivity contribution in [2.75, 3.05) is 18.0 Å². The average Bonchev–Trinajstić information content (AvgIpc) is 3.00. The summed E-state index contributed by atoms with van der Waals surface area (Å²) in [6.07, 6.45) is 0.520. The third kappa shape index (κ3) is 3.83. The predicted octanol–water partition coefficient (Wildman–Crippen LogP) is 3.69. The lowest BCUT2D eigenvalue weighted by Gasteiger charge is -2.21. The van der Waals surface area contributed by atoms with Crippen molar-refractivity contribution in [1.82, 2.24) is 10.2 Å². The molecule has 0 fully saturated rings. The molecule has 0 radical (unpaired) electrons. The molecule has 20 heavy (non-hydrogen) atoms. The number of nitriles is 1. The monoisotopic (exact) mass is 286 g/mol. The van der Waals surface area contributed by atoms with Gasteiger partial charge in [0.05, 0.1) is 18.2 Å². The second kappa shape index (κ2) is 7.31. The molecule has 0 bridgehead atoms. The normalized spacial score (nSPS) is 10.6. The number of hydrogen-bond acceptors (Lipinski definition) is 7. The molecule has 0 saturated carbocycles. The van der Waals surface area contributed by atoms with Gasteiger partial charge in [0.2, 0.25) is 0 Å². The van der Waals surface area contributed by atoms with Crippen LogP contribution in [0.4, 0.5) is 16.5 Å². The molecule has 0 aliphatic heterocycles. The highest BCUT2D eigenvalue weighted by Gasteiger charge is 2.03. The molecule has 7 heteroatoms. The highest BCUT2D eigenvalue weighted by Crippen LogP contribution is 2.22. The van der Waals surface area contributed by atoms with Gasteiger partial charge in [-0.1, -0.05) is 11.3 Å². The molecule has 0 aliphatic rings. The van der Waals surface area contributed by atoms with Crippen LogP contribution in [0.15, 0.2) is 40.0 Å². The van der Waals surface area contributed by atoms with E-state index in [2.05, 4.69) is 38.3 Å². The Labute approximate surface area is 121 Å². The van der Waals surface area contributed by atoms with E-state index >= 15 is 0 Å². The minimum atomic E-state index is 0.520. The van der Waals surface area contributed by atoms with Crippen molar-refractivity contribution in [3.63, 3.8) is 0 Å². The first kappa shape index (κ1) is 14.1. The highest BCUT2D eigenvalue weighted by molar-refractivity contribution is 7.13. The summed E-state index contributed by atoms with van der Waals surface area (Å²) in [7, 11) is 0. The Bertz CT molecular complexity index is 584. The van der Waals surface area contributed by atoms with Crippen LogP contribution in [0.1, 0.15) is 13.3 Å². The molecule has 1 heterocycles. The Balaban J connectivity index is 2.04. The van der Waals surface area contributed by atoms with E-state index in [4.69, 9.17) is 5.26 Å². The van der Waals surface area contributed by atoms with Crippen molar-refractivity contribution < 1.29 is 0 Å². The molecule has 1 aromatic heterocycles. The van der Waals surface area contributed by atoms with Crippen LogP contribution >= 0.6 is 11.3 Å². The van der Waals surface area contributed by atoms with Gasteiger partial charge in [0.25, 0.3) is 5.13 Å². The molecule has 0 aliphatic carbocycles. The summed E-state index contributed by atoms with van der Waals surface area (Å²) in [6, 6.07) is 9.92. The number of anilines is 1. The zero-order valence-electron chi connectivity index (χ0n) is 11.1.